The molecule has 350 valence electrons. The average Bonchev–Trinajstić information content (AvgIpc) is 4.05. The van der Waals surface area contributed by atoms with Crippen LogP contribution in [0.4, 0.5) is 17.1 Å². The zero-order valence-corrected chi connectivity index (χ0v) is 40.9. The molecule has 0 aliphatic carbocycles. The van der Waals surface area contributed by atoms with Gasteiger partial charge in [-0.2, -0.15) is 0 Å². The van der Waals surface area contributed by atoms with Crippen LogP contribution in [0, 0.1) is 0 Å². The van der Waals surface area contributed by atoms with E-state index in [2.05, 4.69) is 289 Å². The molecule has 0 saturated heterocycles. The Morgan fingerprint density at radius 3 is 1.67 bits per heavy atom. The lowest BCUT2D eigenvalue weighted by Gasteiger charge is -2.30. The number of nitrogens with zero attached hydrogens (tertiary/aromatic N) is 2. The number of aromatic nitrogens is 1. The molecule has 0 aliphatic rings. The van der Waals surface area contributed by atoms with Crippen molar-refractivity contribution in [1.82, 2.24) is 4.57 Å². The maximum Gasteiger partial charge on any atom is 0.143 e. The molecule has 2 aromatic heterocycles. The third kappa shape index (κ3) is 7.05. The molecule has 15 aromatic rings. The molecular formula is C72H46N2O. The fraction of sp³-hybridized carbons (Fsp3) is 0. The minimum Gasteiger partial charge on any atom is -0.455 e. The summed E-state index contributed by atoms with van der Waals surface area (Å²) in [6.07, 6.45) is 0. The van der Waals surface area contributed by atoms with Crippen molar-refractivity contribution < 1.29 is 4.42 Å². The average molecular weight is 955 g/mol. The van der Waals surface area contributed by atoms with Crippen LogP contribution in [0.5, 0.6) is 0 Å². The van der Waals surface area contributed by atoms with Crippen LogP contribution < -0.4 is 4.90 Å². The Bertz CT molecular complexity index is 4660. The van der Waals surface area contributed by atoms with Gasteiger partial charge in [-0.15, -0.1) is 0 Å². The number of para-hydroxylation sites is 3. The first kappa shape index (κ1) is 42.7. The lowest BCUT2D eigenvalue weighted by atomic mass is 9.90. The van der Waals surface area contributed by atoms with Crippen LogP contribution in [-0.4, -0.2) is 4.57 Å². The molecule has 0 aliphatic heterocycles. The lowest BCUT2D eigenvalue weighted by Crippen LogP contribution is -2.12. The van der Waals surface area contributed by atoms with Gasteiger partial charge in [0.05, 0.1) is 22.4 Å². The predicted molar refractivity (Wildman–Crippen MR) is 317 cm³/mol. The highest BCUT2D eigenvalue weighted by atomic mass is 16.3. The van der Waals surface area contributed by atoms with E-state index >= 15 is 0 Å². The predicted octanol–water partition coefficient (Wildman–Crippen LogP) is 20.3. The normalized spacial score (nSPS) is 11.7. The minimum absolute atomic E-state index is 0.865. The molecule has 0 atom stereocenters. The molecule has 0 fully saturated rings. The van der Waals surface area contributed by atoms with Crippen LogP contribution in [-0.2, 0) is 0 Å². The molecule has 0 unspecified atom stereocenters. The van der Waals surface area contributed by atoms with Crippen molar-refractivity contribution in [3.8, 4) is 50.2 Å². The third-order valence-electron chi connectivity index (χ3n) is 15.4. The lowest BCUT2D eigenvalue weighted by molar-refractivity contribution is 0.673. The molecule has 0 radical (unpaired) electrons. The first-order chi connectivity index (χ1) is 37.2. The van der Waals surface area contributed by atoms with Crippen LogP contribution in [0.3, 0.4) is 0 Å². The van der Waals surface area contributed by atoms with Gasteiger partial charge < -0.3 is 13.9 Å². The molecule has 0 N–H and O–H groups in total. The highest BCUT2D eigenvalue weighted by Gasteiger charge is 2.23. The first-order valence-corrected chi connectivity index (χ1v) is 25.7. The third-order valence-corrected chi connectivity index (χ3v) is 15.4. The van der Waals surface area contributed by atoms with Crippen molar-refractivity contribution in [2.75, 3.05) is 4.90 Å². The van der Waals surface area contributed by atoms with Crippen molar-refractivity contribution in [2.45, 2.75) is 0 Å². The Balaban J connectivity index is 0.918. The van der Waals surface area contributed by atoms with Crippen LogP contribution in [0.1, 0.15) is 0 Å². The van der Waals surface area contributed by atoms with E-state index in [4.69, 9.17) is 4.42 Å². The summed E-state index contributed by atoms with van der Waals surface area (Å²) in [5, 5.41) is 12.0. The Labute approximate surface area is 434 Å². The van der Waals surface area contributed by atoms with Gasteiger partial charge in [0.2, 0.25) is 0 Å². The van der Waals surface area contributed by atoms with Gasteiger partial charge in [0, 0.05) is 49.4 Å². The Morgan fingerprint density at radius 2 is 0.867 bits per heavy atom. The van der Waals surface area contributed by atoms with Gasteiger partial charge in [-0.3, -0.25) is 0 Å². The molecule has 13 aromatic carbocycles. The summed E-state index contributed by atoms with van der Waals surface area (Å²) in [5.74, 6) is 0. The smallest absolute Gasteiger partial charge is 0.143 e. The second-order valence-electron chi connectivity index (χ2n) is 19.6. The van der Waals surface area contributed by atoms with Gasteiger partial charge in [-0.25, -0.2) is 0 Å². The van der Waals surface area contributed by atoms with Crippen LogP contribution in [0.15, 0.2) is 283 Å². The fourth-order valence-electron chi connectivity index (χ4n) is 11.9. The van der Waals surface area contributed by atoms with Gasteiger partial charge in [0.25, 0.3) is 0 Å². The standard InChI is InChI=1S/C72H46N2O/c1-2-17-48(18-3-1)66-45-52(65-44-51-20-5-6-23-56(51)59-26-8-9-27-60(59)65)37-42-70(66)73(67-30-13-10-24-57(67)53-36-40-63-64-41-35-49-19-4-7-25-58(49)72(64)75-71(63)46-53)54-38-33-47(34-39-54)50-21-16-22-55(43-50)74-68-31-14-11-28-61(68)62-29-12-15-32-69(62)74/h1-46H. The molecule has 75 heavy (non-hydrogen) atoms. The summed E-state index contributed by atoms with van der Waals surface area (Å²) < 4.78 is 9.19. The zero-order valence-electron chi connectivity index (χ0n) is 40.9. The maximum atomic E-state index is 6.80. The van der Waals surface area contributed by atoms with Crippen LogP contribution in [0.25, 0.3) is 126 Å². The van der Waals surface area contributed by atoms with E-state index in [1.54, 1.807) is 0 Å². The molecule has 3 heteroatoms. The Morgan fingerprint density at radius 1 is 0.280 bits per heavy atom. The van der Waals surface area contributed by atoms with Gasteiger partial charge in [-0.1, -0.05) is 200 Å². The summed E-state index contributed by atoms with van der Waals surface area (Å²) in [7, 11) is 0. The highest BCUT2D eigenvalue weighted by molar-refractivity contribution is 6.16. The molecule has 3 nitrogen and oxygen atoms in total. The van der Waals surface area contributed by atoms with E-state index in [1.807, 2.05) is 0 Å². The largest absolute Gasteiger partial charge is 0.455 e. The molecule has 0 saturated carbocycles. The van der Waals surface area contributed by atoms with E-state index in [-0.39, 0.29) is 0 Å². The van der Waals surface area contributed by atoms with Gasteiger partial charge in [0.15, 0.2) is 0 Å². The van der Waals surface area contributed by atoms with E-state index in [0.717, 1.165) is 89.0 Å². The van der Waals surface area contributed by atoms with Crippen molar-refractivity contribution in [2.24, 2.45) is 0 Å². The van der Waals surface area contributed by atoms with Crippen LogP contribution >= 0.6 is 0 Å². The summed E-state index contributed by atoms with van der Waals surface area (Å²) in [6, 6.07) is 102. The summed E-state index contributed by atoms with van der Waals surface area (Å²) >= 11 is 0. The first-order valence-electron chi connectivity index (χ1n) is 25.7. The Kier molecular flexibility index (Phi) is 9.89. The number of fused-ring (bicyclic) bond motifs is 11. The van der Waals surface area contributed by atoms with E-state index < -0.39 is 0 Å². The molecule has 15 rings (SSSR count). The van der Waals surface area contributed by atoms with E-state index in [0.29, 0.717) is 0 Å². The number of furan rings is 1. The Hall–Kier alpha value is -9.96. The molecule has 2 heterocycles. The second-order valence-corrected chi connectivity index (χ2v) is 19.6. The van der Waals surface area contributed by atoms with Gasteiger partial charge in [-0.05, 0) is 139 Å². The summed E-state index contributed by atoms with van der Waals surface area (Å²) in [5.41, 5.74) is 17.6. The molecule has 0 spiro atoms. The molecular weight excluding hydrogens is 909 g/mol. The fourth-order valence-corrected chi connectivity index (χ4v) is 11.9. The number of benzene rings is 13. The summed E-state index contributed by atoms with van der Waals surface area (Å²) in [4.78, 5) is 2.45. The number of hydrogen-bond acceptors (Lipinski definition) is 2. The number of anilines is 3. The maximum absolute atomic E-state index is 6.80. The molecule has 0 amide bonds. The minimum atomic E-state index is 0.865. The second kappa shape index (κ2) is 17.4. The SMILES string of the molecule is c1ccc(-c2cc(-c3cc4ccccc4c4ccccc34)ccc2N(c2ccc(-c3cccc(-n4c5ccccc5c5ccccc54)c3)cc2)c2ccccc2-c2ccc3c(c2)oc2c4ccccc4ccc32)cc1. The quantitative estimate of drug-likeness (QED) is 0.142. The zero-order chi connectivity index (χ0) is 49.4. The topological polar surface area (TPSA) is 21.3 Å². The van der Waals surface area contributed by atoms with Crippen molar-refractivity contribution in [3.05, 3.63) is 279 Å². The van der Waals surface area contributed by atoms with Crippen molar-refractivity contribution >= 4 is 93.1 Å². The monoisotopic (exact) mass is 954 g/mol. The van der Waals surface area contributed by atoms with Gasteiger partial charge >= 0.3 is 0 Å². The van der Waals surface area contributed by atoms with Crippen molar-refractivity contribution in [1.29, 1.82) is 0 Å². The number of rotatable bonds is 8. The van der Waals surface area contributed by atoms with Gasteiger partial charge in [0.1, 0.15) is 11.2 Å². The molecule has 0 bridgehead atoms. The van der Waals surface area contributed by atoms with E-state index in [9.17, 15) is 0 Å². The van der Waals surface area contributed by atoms with Crippen LogP contribution in [0.2, 0.25) is 0 Å². The van der Waals surface area contributed by atoms with E-state index in [1.165, 1.54) is 54.3 Å². The van der Waals surface area contributed by atoms with Crippen molar-refractivity contribution in [3.63, 3.8) is 0 Å². The summed E-state index contributed by atoms with van der Waals surface area (Å²) in [6.45, 7) is 0. The highest BCUT2D eigenvalue weighted by Crippen LogP contribution is 2.48. The number of hydrogen-bond donors (Lipinski definition) is 0.